The fourth-order valence-corrected chi connectivity index (χ4v) is 1.86. The Bertz CT molecular complexity index is 322. The SMILES string of the molecule is CCn1nc(C)cc1C(N)C(C)CCOC. The molecule has 0 saturated carbocycles. The number of aromatic nitrogens is 2. The Morgan fingerprint density at radius 2 is 2.25 bits per heavy atom. The van der Waals surface area contributed by atoms with Crippen LogP contribution in [0.5, 0.6) is 0 Å². The Morgan fingerprint density at radius 3 is 2.81 bits per heavy atom. The van der Waals surface area contributed by atoms with Crippen molar-refractivity contribution >= 4 is 0 Å². The molecule has 0 fully saturated rings. The zero-order chi connectivity index (χ0) is 12.1. The van der Waals surface area contributed by atoms with Gasteiger partial charge >= 0.3 is 0 Å². The second kappa shape index (κ2) is 6.01. The summed E-state index contributed by atoms with van der Waals surface area (Å²) in [6.07, 6.45) is 0.978. The van der Waals surface area contributed by atoms with Crippen LogP contribution in [-0.4, -0.2) is 23.5 Å². The molecule has 2 unspecified atom stereocenters. The predicted octanol–water partition coefficient (Wildman–Crippen LogP) is 1.88. The lowest BCUT2D eigenvalue weighted by atomic mass is 9.96. The molecule has 2 atom stereocenters. The minimum absolute atomic E-state index is 0.0382. The molecule has 0 radical (unpaired) electrons. The molecule has 1 rings (SSSR count). The average Bonchev–Trinajstić information content (AvgIpc) is 2.66. The molecule has 1 aromatic heterocycles. The van der Waals surface area contributed by atoms with E-state index in [1.807, 2.05) is 11.6 Å². The van der Waals surface area contributed by atoms with Crippen LogP contribution in [0, 0.1) is 12.8 Å². The molecule has 92 valence electrons. The smallest absolute Gasteiger partial charge is 0.0597 e. The third-order valence-electron chi connectivity index (χ3n) is 2.96. The maximum atomic E-state index is 6.25. The standard InChI is InChI=1S/C12H23N3O/c1-5-15-11(8-10(3)14-15)12(13)9(2)6-7-16-4/h8-9,12H,5-7,13H2,1-4H3. The van der Waals surface area contributed by atoms with E-state index in [-0.39, 0.29) is 6.04 Å². The Labute approximate surface area is 97.8 Å². The van der Waals surface area contributed by atoms with Gasteiger partial charge in [-0.2, -0.15) is 5.10 Å². The predicted molar refractivity (Wildman–Crippen MR) is 65.2 cm³/mol. The van der Waals surface area contributed by atoms with Gasteiger partial charge in [0.05, 0.1) is 11.4 Å². The molecule has 2 N–H and O–H groups in total. The van der Waals surface area contributed by atoms with Crippen LogP contribution < -0.4 is 5.73 Å². The third kappa shape index (κ3) is 3.06. The van der Waals surface area contributed by atoms with Gasteiger partial charge < -0.3 is 10.5 Å². The van der Waals surface area contributed by atoms with E-state index in [4.69, 9.17) is 10.5 Å². The minimum atomic E-state index is 0.0382. The fraction of sp³-hybridized carbons (Fsp3) is 0.750. The van der Waals surface area contributed by atoms with Crippen molar-refractivity contribution < 1.29 is 4.74 Å². The molecule has 1 aromatic rings. The first-order chi connectivity index (χ1) is 7.60. The number of aryl methyl sites for hydroxylation is 2. The quantitative estimate of drug-likeness (QED) is 0.804. The number of nitrogens with zero attached hydrogens (tertiary/aromatic N) is 2. The molecule has 4 nitrogen and oxygen atoms in total. The highest BCUT2D eigenvalue weighted by Gasteiger charge is 2.19. The van der Waals surface area contributed by atoms with Crippen LogP contribution in [0.25, 0.3) is 0 Å². The Hall–Kier alpha value is -0.870. The van der Waals surface area contributed by atoms with E-state index >= 15 is 0 Å². The lowest BCUT2D eigenvalue weighted by Crippen LogP contribution is -2.23. The fourth-order valence-electron chi connectivity index (χ4n) is 1.86. The normalized spacial score (nSPS) is 15.1. The monoisotopic (exact) mass is 225 g/mol. The number of hydrogen-bond acceptors (Lipinski definition) is 3. The second-order valence-electron chi connectivity index (χ2n) is 4.31. The first-order valence-electron chi connectivity index (χ1n) is 5.89. The number of nitrogens with two attached hydrogens (primary N) is 1. The van der Waals surface area contributed by atoms with Crippen molar-refractivity contribution in [2.24, 2.45) is 11.7 Å². The lowest BCUT2D eigenvalue weighted by Gasteiger charge is -2.20. The molecule has 16 heavy (non-hydrogen) atoms. The summed E-state index contributed by atoms with van der Waals surface area (Å²) in [5, 5.41) is 4.42. The summed E-state index contributed by atoms with van der Waals surface area (Å²) in [5.41, 5.74) is 8.41. The van der Waals surface area contributed by atoms with E-state index in [1.54, 1.807) is 7.11 Å². The summed E-state index contributed by atoms with van der Waals surface area (Å²) in [4.78, 5) is 0. The van der Waals surface area contributed by atoms with Crippen molar-refractivity contribution in [3.8, 4) is 0 Å². The molecular weight excluding hydrogens is 202 g/mol. The van der Waals surface area contributed by atoms with Gasteiger partial charge in [0.15, 0.2) is 0 Å². The number of rotatable bonds is 6. The summed E-state index contributed by atoms with van der Waals surface area (Å²) < 4.78 is 7.07. The van der Waals surface area contributed by atoms with Gasteiger partial charge in [-0.15, -0.1) is 0 Å². The largest absolute Gasteiger partial charge is 0.385 e. The minimum Gasteiger partial charge on any atom is -0.385 e. The Morgan fingerprint density at radius 1 is 1.56 bits per heavy atom. The molecule has 0 spiro atoms. The van der Waals surface area contributed by atoms with E-state index in [9.17, 15) is 0 Å². The van der Waals surface area contributed by atoms with E-state index in [0.717, 1.165) is 31.0 Å². The molecule has 0 aliphatic carbocycles. The zero-order valence-corrected chi connectivity index (χ0v) is 10.7. The summed E-state index contributed by atoms with van der Waals surface area (Å²) in [5.74, 6) is 0.404. The molecule has 4 heteroatoms. The van der Waals surface area contributed by atoms with Crippen LogP contribution in [0.2, 0.25) is 0 Å². The molecule has 0 bridgehead atoms. The van der Waals surface area contributed by atoms with Crippen LogP contribution in [0.3, 0.4) is 0 Å². The number of ether oxygens (including phenoxy) is 1. The highest BCUT2D eigenvalue weighted by molar-refractivity contribution is 5.13. The summed E-state index contributed by atoms with van der Waals surface area (Å²) in [6, 6.07) is 2.12. The molecule has 0 saturated heterocycles. The van der Waals surface area contributed by atoms with Gasteiger partial charge in [0, 0.05) is 26.3 Å². The van der Waals surface area contributed by atoms with Crippen LogP contribution in [-0.2, 0) is 11.3 Å². The Balaban J connectivity index is 2.74. The van der Waals surface area contributed by atoms with Crippen molar-refractivity contribution in [3.05, 3.63) is 17.5 Å². The average molecular weight is 225 g/mol. The summed E-state index contributed by atoms with van der Waals surface area (Å²) in [7, 11) is 1.72. The van der Waals surface area contributed by atoms with Gasteiger partial charge in [-0.25, -0.2) is 0 Å². The van der Waals surface area contributed by atoms with E-state index in [0.29, 0.717) is 5.92 Å². The van der Waals surface area contributed by atoms with Gasteiger partial charge in [-0.05, 0) is 32.3 Å². The molecule has 0 aromatic carbocycles. The molecular formula is C12H23N3O. The molecule has 0 aliphatic heterocycles. The molecule has 0 aliphatic rings. The van der Waals surface area contributed by atoms with Crippen LogP contribution in [0.1, 0.15) is 37.7 Å². The molecule has 0 amide bonds. The highest BCUT2D eigenvalue weighted by atomic mass is 16.5. The summed E-state index contributed by atoms with van der Waals surface area (Å²) >= 11 is 0. The van der Waals surface area contributed by atoms with Crippen LogP contribution >= 0.6 is 0 Å². The second-order valence-corrected chi connectivity index (χ2v) is 4.31. The van der Waals surface area contributed by atoms with Crippen molar-refractivity contribution in [3.63, 3.8) is 0 Å². The maximum absolute atomic E-state index is 6.25. The van der Waals surface area contributed by atoms with Crippen molar-refractivity contribution in [2.75, 3.05) is 13.7 Å². The van der Waals surface area contributed by atoms with E-state index < -0.39 is 0 Å². The lowest BCUT2D eigenvalue weighted by molar-refractivity contribution is 0.173. The molecule has 1 heterocycles. The topological polar surface area (TPSA) is 53.1 Å². The van der Waals surface area contributed by atoms with Crippen LogP contribution in [0.15, 0.2) is 6.07 Å². The third-order valence-corrected chi connectivity index (χ3v) is 2.96. The van der Waals surface area contributed by atoms with Gasteiger partial charge in [-0.1, -0.05) is 6.92 Å². The van der Waals surface area contributed by atoms with Gasteiger partial charge in [0.1, 0.15) is 0 Å². The maximum Gasteiger partial charge on any atom is 0.0597 e. The van der Waals surface area contributed by atoms with Crippen molar-refractivity contribution in [1.29, 1.82) is 0 Å². The summed E-state index contributed by atoms with van der Waals surface area (Å²) in [6.45, 7) is 7.87. The van der Waals surface area contributed by atoms with Gasteiger partial charge in [-0.3, -0.25) is 4.68 Å². The first kappa shape index (κ1) is 13.2. The van der Waals surface area contributed by atoms with Gasteiger partial charge in [0.2, 0.25) is 0 Å². The highest BCUT2D eigenvalue weighted by Crippen LogP contribution is 2.22. The Kier molecular flexibility index (Phi) is 4.96. The van der Waals surface area contributed by atoms with Crippen molar-refractivity contribution in [1.82, 2.24) is 9.78 Å². The van der Waals surface area contributed by atoms with Crippen LogP contribution in [0.4, 0.5) is 0 Å². The first-order valence-corrected chi connectivity index (χ1v) is 5.89. The van der Waals surface area contributed by atoms with E-state index in [1.165, 1.54) is 0 Å². The number of methoxy groups -OCH3 is 1. The van der Waals surface area contributed by atoms with Gasteiger partial charge in [0.25, 0.3) is 0 Å². The zero-order valence-electron chi connectivity index (χ0n) is 10.7. The van der Waals surface area contributed by atoms with E-state index in [2.05, 4.69) is 25.0 Å². The number of hydrogen-bond donors (Lipinski definition) is 1. The van der Waals surface area contributed by atoms with Crippen molar-refractivity contribution in [2.45, 2.75) is 39.8 Å².